The normalized spacial score (nSPS) is 13.0. The van der Waals surface area contributed by atoms with Crippen LogP contribution in [-0.2, 0) is 11.2 Å². The highest BCUT2D eigenvalue weighted by Gasteiger charge is 2.17. The van der Waals surface area contributed by atoms with Gasteiger partial charge in [0.05, 0.1) is 12.8 Å². The van der Waals surface area contributed by atoms with E-state index in [1.54, 1.807) is 23.3 Å². The second-order valence-corrected chi connectivity index (χ2v) is 8.40. The molecule has 1 aliphatic heterocycles. The number of anilines is 2. The van der Waals surface area contributed by atoms with Crippen LogP contribution in [0.15, 0.2) is 67.1 Å². The summed E-state index contributed by atoms with van der Waals surface area (Å²) in [7, 11) is 0. The molecular weight excluding hydrogens is 446 g/mol. The molecule has 0 amide bonds. The minimum Gasteiger partial charge on any atom is -0.454 e. The molecular formula is C26H25N5O4. The fourth-order valence-corrected chi connectivity index (χ4v) is 3.98. The van der Waals surface area contributed by atoms with Crippen molar-refractivity contribution in [3.63, 3.8) is 0 Å². The average molecular weight is 472 g/mol. The predicted molar refractivity (Wildman–Crippen MR) is 129 cm³/mol. The highest BCUT2D eigenvalue weighted by molar-refractivity contribution is 5.81. The Balaban J connectivity index is 1.27. The first-order chi connectivity index (χ1) is 17.1. The first-order valence-electron chi connectivity index (χ1n) is 11.3. The number of nitrogens with zero attached hydrogens (tertiary/aromatic N) is 4. The van der Waals surface area contributed by atoms with E-state index in [0.717, 1.165) is 22.4 Å². The highest BCUT2D eigenvalue weighted by Crippen LogP contribution is 2.34. The maximum Gasteiger partial charge on any atom is 0.231 e. The van der Waals surface area contributed by atoms with Crippen LogP contribution < -0.4 is 14.8 Å². The molecule has 0 saturated carbocycles. The number of hydrogen-bond acceptors (Lipinski definition) is 8. The molecule has 0 unspecified atom stereocenters. The first-order valence-corrected chi connectivity index (χ1v) is 11.3. The fraction of sp³-hybridized carbons (Fsp3) is 0.231. The number of hydrogen-bond donors (Lipinski definition) is 2. The zero-order valence-electron chi connectivity index (χ0n) is 19.2. The molecule has 0 saturated heterocycles. The molecule has 1 aliphatic rings. The molecule has 9 nitrogen and oxygen atoms in total. The summed E-state index contributed by atoms with van der Waals surface area (Å²) < 4.78 is 12.4. The van der Waals surface area contributed by atoms with E-state index in [4.69, 9.17) is 9.47 Å². The molecule has 35 heavy (non-hydrogen) atoms. The Kier molecular flexibility index (Phi) is 6.40. The lowest BCUT2D eigenvalue weighted by Gasteiger charge is -2.13. The van der Waals surface area contributed by atoms with E-state index < -0.39 is 0 Å². The lowest BCUT2D eigenvalue weighted by molar-refractivity contribution is -0.119. The van der Waals surface area contributed by atoms with Crippen molar-refractivity contribution in [2.45, 2.75) is 25.7 Å². The van der Waals surface area contributed by atoms with Crippen molar-refractivity contribution in [3.05, 3.63) is 83.8 Å². The van der Waals surface area contributed by atoms with Gasteiger partial charge in [-0.05, 0) is 30.2 Å². The summed E-state index contributed by atoms with van der Waals surface area (Å²) in [5, 5.41) is 17.3. The Morgan fingerprint density at radius 1 is 1.14 bits per heavy atom. The number of benzene rings is 2. The molecule has 4 aromatic rings. The van der Waals surface area contributed by atoms with Gasteiger partial charge in [-0.1, -0.05) is 30.3 Å². The van der Waals surface area contributed by atoms with Crippen LogP contribution >= 0.6 is 0 Å². The van der Waals surface area contributed by atoms with Crippen molar-refractivity contribution in [1.82, 2.24) is 19.7 Å². The van der Waals surface area contributed by atoms with Gasteiger partial charge in [0, 0.05) is 48.5 Å². The molecule has 1 atom stereocenters. The summed E-state index contributed by atoms with van der Waals surface area (Å²) in [6, 6.07) is 15.1. The van der Waals surface area contributed by atoms with Crippen LogP contribution in [0, 0.1) is 6.92 Å². The summed E-state index contributed by atoms with van der Waals surface area (Å²) in [5.74, 6) is 2.21. The molecule has 2 N–H and O–H groups in total. The van der Waals surface area contributed by atoms with Gasteiger partial charge in [0.1, 0.15) is 5.78 Å². The van der Waals surface area contributed by atoms with Gasteiger partial charge in [-0.25, -0.2) is 9.67 Å². The minimum absolute atomic E-state index is 0.0389. The van der Waals surface area contributed by atoms with Crippen molar-refractivity contribution in [1.29, 1.82) is 0 Å². The summed E-state index contributed by atoms with van der Waals surface area (Å²) in [6.07, 6.45) is 5.68. The molecule has 0 fully saturated rings. The van der Waals surface area contributed by atoms with Crippen molar-refractivity contribution >= 4 is 17.4 Å². The molecule has 9 heteroatoms. The number of rotatable bonds is 9. The van der Waals surface area contributed by atoms with Crippen molar-refractivity contribution in [2.75, 3.05) is 18.7 Å². The summed E-state index contributed by atoms with van der Waals surface area (Å²) in [5.41, 5.74) is 3.35. The van der Waals surface area contributed by atoms with Crippen LogP contribution in [0.1, 0.15) is 29.0 Å². The molecule has 3 heterocycles. The van der Waals surface area contributed by atoms with Gasteiger partial charge in [0.2, 0.25) is 12.7 Å². The molecule has 2 aromatic carbocycles. The standard InChI is InChI=1S/C26H25N5O4/c1-17-12-27-26(29-21-7-8-23-24(11-21)35-16-34-23)30-25(17)31-14-18(13-28-31)9-22(33)10-20(15-32)19-5-3-2-4-6-19/h2-8,11-14,20,32H,9-10,15-16H2,1H3,(H,27,29,30)/t20-/m1/s1. The molecule has 0 bridgehead atoms. The van der Waals surface area contributed by atoms with Crippen LogP contribution in [0.5, 0.6) is 11.5 Å². The van der Waals surface area contributed by atoms with Gasteiger partial charge in [0.15, 0.2) is 17.3 Å². The first kappa shape index (κ1) is 22.5. The lowest BCUT2D eigenvalue weighted by Crippen LogP contribution is -2.12. The number of ether oxygens (including phenoxy) is 2. The van der Waals surface area contributed by atoms with E-state index in [0.29, 0.717) is 23.3 Å². The molecule has 0 radical (unpaired) electrons. The molecule has 2 aromatic heterocycles. The Labute approximate surface area is 202 Å². The average Bonchev–Trinajstić information content (AvgIpc) is 3.53. The van der Waals surface area contributed by atoms with Gasteiger partial charge in [0.25, 0.3) is 0 Å². The lowest BCUT2D eigenvalue weighted by atomic mass is 9.93. The number of nitrogens with one attached hydrogen (secondary N) is 1. The van der Waals surface area contributed by atoms with Crippen molar-refractivity contribution in [3.8, 4) is 17.3 Å². The minimum atomic E-state index is -0.215. The number of aryl methyl sites for hydroxylation is 1. The smallest absolute Gasteiger partial charge is 0.231 e. The Hall–Kier alpha value is -4.24. The number of ketones is 1. The Bertz CT molecular complexity index is 1340. The monoisotopic (exact) mass is 471 g/mol. The number of aromatic nitrogens is 4. The Morgan fingerprint density at radius 2 is 1.97 bits per heavy atom. The maximum atomic E-state index is 12.7. The number of aliphatic hydroxyl groups is 1. The van der Waals surface area contributed by atoms with E-state index in [1.165, 1.54) is 0 Å². The molecule has 5 rings (SSSR count). The number of fused-ring (bicyclic) bond motifs is 1. The van der Waals surface area contributed by atoms with Gasteiger partial charge >= 0.3 is 0 Å². The number of Topliss-reactive ketones (excluding diaryl/α,β-unsaturated/α-hetero) is 1. The summed E-state index contributed by atoms with van der Waals surface area (Å²) in [4.78, 5) is 21.7. The quantitative estimate of drug-likeness (QED) is 0.380. The van der Waals surface area contributed by atoms with Crippen LogP contribution in [0.2, 0.25) is 0 Å². The summed E-state index contributed by atoms with van der Waals surface area (Å²) >= 11 is 0. The number of carbonyl (C=O) groups is 1. The van der Waals surface area contributed by atoms with Crippen molar-refractivity contribution in [2.24, 2.45) is 0 Å². The number of aliphatic hydroxyl groups excluding tert-OH is 1. The second-order valence-electron chi connectivity index (χ2n) is 8.40. The third-order valence-corrected chi connectivity index (χ3v) is 5.79. The third kappa shape index (κ3) is 5.15. The van der Waals surface area contributed by atoms with E-state index in [9.17, 15) is 9.90 Å². The van der Waals surface area contributed by atoms with Crippen molar-refractivity contribution < 1.29 is 19.4 Å². The number of carbonyl (C=O) groups excluding carboxylic acids is 1. The van der Waals surface area contributed by atoms with Crippen LogP contribution in [0.3, 0.4) is 0 Å². The third-order valence-electron chi connectivity index (χ3n) is 5.79. The predicted octanol–water partition coefficient (Wildman–Crippen LogP) is 3.72. The van der Waals surface area contributed by atoms with Crippen LogP contribution in [0.25, 0.3) is 5.82 Å². The maximum absolute atomic E-state index is 12.7. The van der Waals surface area contributed by atoms with Gasteiger partial charge in [-0.2, -0.15) is 10.1 Å². The molecule has 178 valence electrons. The van der Waals surface area contributed by atoms with Gasteiger partial charge in [-0.15, -0.1) is 0 Å². The highest BCUT2D eigenvalue weighted by atomic mass is 16.7. The van der Waals surface area contributed by atoms with E-state index >= 15 is 0 Å². The second kappa shape index (κ2) is 9.94. The van der Waals surface area contributed by atoms with Crippen LogP contribution in [-0.4, -0.2) is 44.0 Å². The summed E-state index contributed by atoms with van der Waals surface area (Å²) in [6.45, 7) is 2.03. The van der Waals surface area contributed by atoms with Gasteiger partial charge < -0.3 is 19.9 Å². The SMILES string of the molecule is Cc1cnc(Nc2ccc3c(c2)OCO3)nc1-n1cc(CC(=O)C[C@H](CO)c2ccccc2)cn1. The van der Waals surface area contributed by atoms with E-state index in [2.05, 4.69) is 20.4 Å². The van der Waals surface area contributed by atoms with E-state index in [-0.39, 0.29) is 37.9 Å². The largest absolute Gasteiger partial charge is 0.454 e. The van der Waals surface area contributed by atoms with Gasteiger partial charge in [-0.3, -0.25) is 4.79 Å². The molecule has 0 spiro atoms. The fourth-order valence-electron chi connectivity index (χ4n) is 3.98. The Morgan fingerprint density at radius 3 is 2.80 bits per heavy atom. The zero-order chi connectivity index (χ0) is 24.2. The molecule has 0 aliphatic carbocycles. The van der Waals surface area contributed by atoms with E-state index in [1.807, 2.05) is 55.5 Å². The topological polar surface area (TPSA) is 111 Å². The zero-order valence-corrected chi connectivity index (χ0v) is 19.2. The van der Waals surface area contributed by atoms with Crippen LogP contribution in [0.4, 0.5) is 11.6 Å².